The van der Waals surface area contributed by atoms with Crippen molar-refractivity contribution in [2.45, 2.75) is 0 Å². The minimum atomic E-state index is 0.453. The zero-order valence-electron chi connectivity index (χ0n) is 6.37. The minimum Gasteiger partial charge on any atom is -0.423 e. The molecule has 0 amide bonds. The smallest absolute Gasteiger partial charge is 0.248 e. The van der Waals surface area contributed by atoms with Gasteiger partial charge in [-0.1, -0.05) is 11.6 Å². The topological polar surface area (TPSA) is 38.9 Å². The molecule has 0 aliphatic carbocycles. The number of aromatic nitrogens is 2. The van der Waals surface area contributed by atoms with Crippen molar-refractivity contribution in [1.29, 1.82) is 0 Å². The quantitative estimate of drug-likeness (QED) is 0.790. The Morgan fingerprint density at radius 3 is 2.92 bits per heavy atom. The lowest BCUT2D eigenvalue weighted by molar-refractivity contribution is 0.568. The van der Waals surface area contributed by atoms with Crippen LogP contribution in [-0.2, 0) is 0 Å². The van der Waals surface area contributed by atoms with Gasteiger partial charge in [-0.25, -0.2) is 0 Å². The van der Waals surface area contributed by atoms with E-state index in [4.69, 9.17) is 16.0 Å². The van der Waals surface area contributed by atoms with E-state index >= 15 is 0 Å². The van der Waals surface area contributed by atoms with Gasteiger partial charge in [0.15, 0.2) is 0 Å². The molecule has 0 radical (unpaired) electrons. The highest BCUT2D eigenvalue weighted by molar-refractivity contribution is 9.10. The van der Waals surface area contributed by atoms with Crippen LogP contribution < -0.4 is 0 Å². The van der Waals surface area contributed by atoms with Crippen LogP contribution in [0, 0.1) is 0 Å². The summed E-state index contributed by atoms with van der Waals surface area (Å²) in [6.45, 7) is 0. The Bertz CT molecular complexity index is 416. The lowest BCUT2D eigenvalue weighted by atomic mass is 10.2. The molecule has 66 valence electrons. The Morgan fingerprint density at radius 2 is 2.23 bits per heavy atom. The van der Waals surface area contributed by atoms with Crippen LogP contribution in [0.25, 0.3) is 11.5 Å². The second-order valence-electron chi connectivity index (χ2n) is 2.37. The summed E-state index contributed by atoms with van der Waals surface area (Å²) in [7, 11) is 0. The minimum absolute atomic E-state index is 0.453. The lowest BCUT2D eigenvalue weighted by Gasteiger charge is -1.98. The van der Waals surface area contributed by atoms with Gasteiger partial charge in [0.25, 0.3) is 0 Å². The maximum atomic E-state index is 5.82. The monoisotopic (exact) mass is 258 g/mol. The van der Waals surface area contributed by atoms with Crippen molar-refractivity contribution in [3.8, 4) is 11.5 Å². The standard InChI is InChI=1S/C8H4BrClN2O/c9-7-2-1-5(10)3-6(7)8-12-11-4-13-8/h1-4H. The van der Waals surface area contributed by atoms with Gasteiger partial charge in [0, 0.05) is 9.50 Å². The Balaban J connectivity index is 2.57. The number of hydrogen-bond acceptors (Lipinski definition) is 3. The van der Waals surface area contributed by atoms with Crippen LogP contribution in [0.4, 0.5) is 0 Å². The molecule has 2 rings (SSSR count). The molecular formula is C8H4BrClN2O. The molecule has 0 fully saturated rings. The third kappa shape index (κ3) is 1.73. The molecule has 0 atom stereocenters. The second kappa shape index (κ2) is 3.47. The summed E-state index contributed by atoms with van der Waals surface area (Å²) < 4.78 is 5.92. The molecule has 1 aromatic heterocycles. The first-order chi connectivity index (χ1) is 6.27. The molecule has 0 aliphatic heterocycles. The molecule has 0 spiro atoms. The molecule has 0 N–H and O–H groups in total. The molecule has 2 aromatic rings. The summed E-state index contributed by atoms with van der Waals surface area (Å²) in [6, 6.07) is 5.38. The summed E-state index contributed by atoms with van der Waals surface area (Å²) in [6.07, 6.45) is 1.28. The van der Waals surface area contributed by atoms with Gasteiger partial charge >= 0.3 is 0 Å². The summed E-state index contributed by atoms with van der Waals surface area (Å²) >= 11 is 9.19. The maximum Gasteiger partial charge on any atom is 0.248 e. The fourth-order valence-corrected chi connectivity index (χ4v) is 1.54. The van der Waals surface area contributed by atoms with Crippen LogP contribution in [0.2, 0.25) is 5.02 Å². The molecule has 0 saturated heterocycles. The van der Waals surface area contributed by atoms with Gasteiger partial charge in [0.2, 0.25) is 12.3 Å². The molecular weight excluding hydrogens is 255 g/mol. The molecule has 0 bridgehead atoms. The van der Waals surface area contributed by atoms with E-state index in [0.717, 1.165) is 10.0 Å². The van der Waals surface area contributed by atoms with Crippen LogP contribution in [0.15, 0.2) is 33.5 Å². The summed E-state index contributed by atoms with van der Waals surface area (Å²) in [5.41, 5.74) is 0.796. The van der Waals surface area contributed by atoms with Crippen LogP contribution in [0.1, 0.15) is 0 Å². The van der Waals surface area contributed by atoms with Gasteiger partial charge < -0.3 is 4.42 Å². The van der Waals surface area contributed by atoms with Gasteiger partial charge in [-0.3, -0.25) is 0 Å². The third-order valence-corrected chi connectivity index (χ3v) is 2.45. The Kier molecular flexibility index (Phi) is 2.33. The summed E-state index contributed by atoms with van der Waals surface area (Å²) in [5.74, 6) is 0.453. The van der Waals surface area contributed by atoms with Crippen molar-refractivity contribution >= 4 is 27.5 Å². The first-order valence-corrected chi connectivity index (χ1v) is 4.66. The van der Waals surface area contributed by atoms with Crippen molar-refractivity contribution in [3.63, 3.8) is 0 Å². The van der Waals surface area contributed by atoms with Crippen molar-refractivity contribution in [1.82, 2.24) is 10.2 Å². The largest absolute Gasteiger partial charge is 0.423 e. The van der Waals surface area contributed by atoms with E-state index in [1.54, 1.807) is 12.1 Å². The van der Waals surface area contributed by atoms with Gasteiger partial charge in [-0.15, -0.1) is 10.2 Å². The normalized spacial score (nSPS) is 10.3. The van der Waals surface area contributed by atoms with E-state index in [9.17, 15) is 0 Å². The molecule has 1 heterocycles. The average molecular weight is 259 g/mol. The first-order valence-electron chi connectivity index (χ1n) is 3.49. The maximum absolute atomic E-state index is 5.82. The third-order valence-electron chi connectivity index (χ3n) is 1.52. The zero-order valence-corrected chi connectivity index (χ0v) is 8.71. The van der Waals surface area contributed by atoms with Crippen LogP contribution in [-0.4, -0.2) is 10.2 Å². The number of nitrogens with zero attached hydrogens (tertiary/aromatic N) is 2. The van der Waals surface area contributed by atoms with Crippen LogP contribution in [0.3, 0.4) is 0 Å². The van der Waals surface area contributed by atoms with E-state index in [1.807, 2.05) is 6.07 Å². The fraction of sp³-hybridized carbons (Fsp3) is 0. The van der Waals surface area contributed by atoms with Crippen LogP contribution >= 0.6 is 27.5 Å². The molecule has 3 nitrogen and oxygen atoms in total. The molecule has 13 heavy (non-hydrogen) atoms. The number of halogens is 2. The number of hydrogen-bond donors (Lipinski definition) is 0. The molecule has 0 saturated carbocycles. The van der Waals surface area contributed by atoms with Gasteiger partial charge in [0.1, 0.15) is 0 Å². The number of benzene rings is 1. The van der Waals surface area contributed by atoms with Crippen molar-refractivity contribution in [3.05, 3.63) is 34.1 Å². The average Bonchev–Trinajstić information content (AvgIpc) is 2.61. The summed E-state index contributed by atoms with van der Waals surface area (Å²) in [4.78, 5) is 0. The fourth-order valence-electron chi connectivity index (χ4n) is 0.952. The van der Waals surface area contributed by atoms with E-state index in [2.05, 4.69) is 26.1 Å². The van der Waals surface area contributed by atoms with Gasteiger partial charge in [-0.2, -0.15) is 0 Å². The van der Waals surface area contributed by atoms with Gasteiger partial charge in [0.05, 0.1) is 5.56 Å². The SMILES string of the molecule is Clc1ccc(Br)c(-c2nnco2)c1. The first kappa shape index (κ1) is 8.72. The second-order valence-corrected chi connectivity index (χ2v) is 3.66. The highest BCUT2D eigenvalue weighted by atomic mass is 79.9. The predicted molar refractivity (Wildman–Crippen MR) is 52.4 cm³/mol. The van der Waals surface area contributed by atoms with E-state index in [1.165, 1.54) is 6.39 Å². The van der Waals surface area contributed by atoms with E-state index in [0.29, 0.717) is 10.9 Å². The molecule has 1 aromatic carbocycles. The molecule has 0 unspecified atom stereocenters. The van der Waals surface area contributed by atoms with Crippen molar-refractivity contribution < 1.29 is 4.42 Å². The van der Waals surface area contributed by atoms with Crippen molar-refractivity contribution in [2.24, 2.45) is 0 Å². The van der Waals surface area contributed by atoms with Crippen LogP contribution in [0.5, 0.6) is 0 Å². The molecule has 5 heteroatoms. The van der Waals surface area contributed by atoms with E-state index in [-0.39, 0.29) is 0 Å². The zero-order chi connectivity index (χ0) is 9.26. The Labute approximate surface area is 87.9 Å². The highest BCUT2D eigenvalue weighted by Crippen LogP contribution is 2.28. The summed E-state index contributed by atoms with van der Waals surface area (Å²) in [5, 5.41) is 8.01. The number of rotatable bonds is 1. The Hall–Kier alpha value is -0.870. The Morgan fingerprint density at radius 1 is 1.38 bits per heavy atom. The predicted octanol–water partition coefficient (Wildman–Crippen LogP) is 3.15. The molecule has 0 aliphatic rings. The van der Waals surface area contributed by atoms with Crippen molar-refractivity contribution in [2.75, 3.05) is 0 Å². The van der Waals surface area contributed by atoms with E-state index < -0.39 is 0 Å². The van der Waals surface area contributed by atoms with Gasteiger partial charge in [-0.05, 0) is 34.1 Å². The lowest BCUT2D eigenvalue weighted by Crippen LogP contribution is -1.80. The highest BCUT2D eigenvalue weighted by Gasteiger charge is 2.08.